The third-order valence-electron chi connectivity index (χ3n) is 1.92. The van der Waals surface area contributed by atoms with Crippen molar-refractivity contribution in [2.45, 2.75) is 17.9 Å². The van der Waals surface area contributed by atoms with E-state index in [1.807, 2.05) is 6.26 Å². The molecule has 4 heteroatoms. The molecule has 14 heavy (non-hydrogen) atoms. The predicted molar refractivity (Wildman–Crippen MR) is 55.4 cm³/mol. The molecule has 1 aromatic rings. The molecule has 1 unspecified atom stereocenters. The Balaban J connectivity index is 3.31. The minimum Gasteiger partial charge on any atom is -0.495 e. The molecule has 1 atom stereocenters. The van der Waals surface area contributed by atoms with E-state index in [1.54, 1.807) is 6.92 Å². The van der Waals surface area contributed by atoms with Gasteiger partial charge in [-0.05, 0) is 25.3 Å². The summed E-state index contributed by atoms with van der Waals surface area (Å²) in [6, 6.07) is 2.69. The monoisotopic (exact) mass is 216 g/mol. The van der Waals surface area contributed by atoms with Gasteiger partial charge in [-0.1, -0.05) is 0 Å². The summed E-state index contributed by atoms with van der Waals surface area (Å²) in [6.45, 7) is 1.58. The second-order valence-electron chi connectivity index (χ2n) is 2.91. The molecule has 0 heterocycles. The second-order valence-corrected chi connectivity index (χ2v) is 3.75. The Labute approximate surface area is 87.1 Å². The number of aliphatic hydroxyl groups is 1. The van der Waals surface area contributed by atoms with Crippen LogP contribution in [0.5, 0.6) is 5.75 Å². The quantitative estimate of drug-likeness (QED) is 0.787. The molecule has 0 aliphatic heterocycles. The molecule has 1 rings (SSSR count). The third-order valence-corrected chi connectivity index (χ3v) is 2.67. The predicted octanol–water partition coefficient (Wildman–Crippen LogP) is 2.61. The number of methoxy groups -OCH3 is 1. The van der Waals surface area contributed by atoms with Gasteiger partial charge in [0.2, 0.25) is 0 Å². The number of hydrogen-bond donors (Lipinski definition) is 1. The first-order valence-corrected chi connectivity index (χ1v) is 5.42. The Hall–Kier alpha value is -0.740. The van der Waals surface area contributed by atoms with Crippen LogP contribution in [-0.4, -0.2) is 18.5 Å². The van der Waals surface area contributed by atoms with Gasteiger partial charge in [-0.3, -0.25) is 0 Å². The molecule has 0 saturated heterocycles. The lowest BCUT2D eigenvalue weighted by Crippen LogP contribution is -1.99. The van der Waals surface area contributed by atoms with Crippen LogP contribution in [0.25, 0.3) is 0 Å². The normalized spacial score (nSPS) is 12.6. The van der Waals surface area contributed by atoms with E-state index in [9.17, 15) is 9.50 Å². The van der Waals surface area contributed by atoms with Crippen LogP contribution >= 0.6 is 11.8 Å². The summed E-state index contributed by atoms with van der Waals surface area (Å²) < 4.78 is 18.2. The lowest BCUT2D eigenvalue weighted by molar-refractivity contribution is 0.193. The molecule has 0 spiro atoms. The van der Waals surface area contributed by atoms with E-state index >= 15 is 0 Å². The first-order chi connectivity index (χ1) is 6.60. The molecule has 0 aliphatic carbocycles. The van der Waals surface area contributed by atoms with Crippen LogP contribution in [0.15, 0.2) is 17.0 Å². The Morgan fingerprint density at radius 3 is 2.57 bits per heavy atom. The molecule has 0 bridgehead atoms. The van der Waals surface area contributed by atoms with Crippen LogP contribution in [0, 0.1) is 5.82 Å². The average molecular weight is 216 g/mol. The Morgan fingerprint density at radius 1 is 1.50 bits per heavy atom. The molecule has 0 fully saturated rings. The summed E-state index contributed by atoms with van der Waals surface area (Å²) in [4.78, 5) is 0.698. The maximum absolute atomic E-state index is 13.1. The number of rotatable bonds is 3. The van der Waals surface area contributed by atoms with E-state index in [0.29, 0.717) is 16.2 Å². The number of thioether (sulfide) groups is 1. The zero-order valence-electron chi connectivity index (χ0n) is 8.37. The van der Waals surface area contributed by atoms with Crippen LogP contribution in [0.3, 0.4) is 0 Å². The van der Waals surface area contributed by atoms with Crippen LogP contribution in [0.2, 0.25) is 0 Å². The maximum Gasteiger partial charge on any atom is 0.138 e. The zero-order chi connectivity index (χ0) is 10.7. The van der Waals surface area contributed by atoms with Crippen molar-refractivity contribution >= 4 is 11.8 Å². The number of aliphatic hydroxyl groups excluding tert-OH is 1. The van der Waals surface area contributed by atoms with Crippen molar-refractivity contribution in [1.82, 2.24) is 0 Å². The van der Waals surface area contributed by atoms with Crippen molar-refractivity contribution in [2.24, 2.45) is 0 Å². The van der Waals surface area contributed by atoms with E-state index < -0.39 is 6.10 Å². The van der Waals surface area contributed by atoms with Crippen molar-refractivity contribution in [3.05, 3.63) is 23.5 Å². The fraction of sp³-hybridized carbons (Fsp3) is 0.400. The maximum atomic E-state index is 13.1. The molecule has 0 aliphatic rings. The van der Waals surface area contributed by atoms with Crippen molar-refractivity contribution in [1.29, 1.82) is 0 Å². The molecule has 0 aromatic heterocycles. The second kappa shape index (κ2) is 4.66. The molecule has 78 valence electrons. The topological polar surface area (TPSA) is 29.5 Å². The first-order valence-electron chi connectivity index (χ1n) is 4.19. The summed E-state index contributed by atoms with van der Waals surface area (Å²) >= 11 is 1.39. The van der Waals surface area contributed by atoms with E-state index in [4.69, 9.17) is 4.74 Å². The van der Waals surface area contributed by atoms with E-state index in [-0.39, 0.29) is 5.82 Å². The van der Waals surface area contributed by atoms with Crippen molar-refractivity contribution in [3.63, 3.8) is 0 Å². The summed E-state index contributed by atoms with van der Waals surface area (Å²) in [5.74, 6) is 0.194. The van der Waals surface area contributed by atoms with Gasteiger partial charge in [0.25, 0.3) is 0 Å². The summed E-state index contributed by atoms with van der Waals surface area (Å²) in [6.07, 6.45) is 1.11. The van der Waals surface area contributed by atoms with Gasteiger partial charge in [0.05, 0.1) is 18.1 Å². The minimum absolute atomic E-state index is 0.356. The van der Waals surface area contributed by atoms with Crippen LogP contribution in [-0.2, 0) is 0 Å². The van der Waals surface area contributed by atoms with Gasteiger partial charge in [0.15, 0.2) is 0 Å². The Morgan fingerprint density at radius 2 is 2.14 bits per heavy atom. The molecule has 0 radical (unpaired) electrons. The van der Waals surface area contributed by atoms with Crippen molar-refractivity contribution in [3.8, 4) is 5.75 Å². The molecular weight excluding hydrogens is 203 g/mol. The standard InChI is InChI=1S/C10H13FO2S/c1-6(12)8-4-7(11)5-9(14-3)10(8)13-2/h4-6,12H,1-3H3. The zero-order valence-corrected chi connectivity index (χ0v) is 9.19. The fourth-order valence-corrected chi connectivity index (χ4v) is 1.89. The van der Waals surface area contributed by atoms with Crippen LogP contribution < -0.4 is 4.74 Å². The number of halogens is 1. The fourth-order valence-electron chi connectivity index (χ4n) is 1.27. The van der Waals surface area contributed by atoms with E-state index in [1.165, 1.54) is 31.0 Å². The van der Waals surface area contributed by atoms with Crippen LogP contribution in [0.1, 0.15) is 18.6 Å². The average Bonchev–Trinajstić information content (AvgIpc) is 2.16. The van der Waals surface area contributed by atoms with Crippen molar-refractivity contribution in [2.75, 3.05) is 13.4 Å². The van der Waals surface area contributed by atoms with Gasteiger partial charge in [-0.15, -0.1) is 11.8 Å². The lowest BCUT2D eigenvalue weighted by atomic mass is 10.1. The summed E-state index contributed by atoms with van der Waals surface area (Å²) in [7, 11) is 1.51. The van der Waals surface area contributed by atoms with Gasteiger partial charge in [0, 0.05) is 5.56 Å². The molecule has 1 N–H and O–H groups in total. The van der Waals surface area contributed by atoms with E-state index in [0.717, 1.165) is 0 Å². The molecule has 1 aromatic carbocycles. The Kier molecular flexibility index (Phi) is 3.77. The number of hydrogen-bond acceptors (Lipinski definition) is 3. The molecular formula is C10H13FO2S. The summed E-state index contributed by atoms with van der Waals surface area (Å²) in [5.41, 5.74) is 0.483. The SMILES string of the molecule is COc1c(SC)cc(F)cc1C(C)O. The highest BCUT2D eigenvalue weighted by Crippen LogP contribution is 2.35. The van der Waals surface area contributed by atoms with Gasteiger partial charge < -0.3 is 9.84 Å². The molecule has 0 amide bonds. The largest absolute Gasteiger partial charge is 0.495 e. The highest BCUT2D eigenvalue weighted by Gasteiger charge is 2.14. The smallest absolute Gasteiger partial charge is 0.138 e. The van der Waals surface area contributed by atoms with Gasteiger partial charge in [-0.25, -0.2) is 4.39 Å². The minimum atomic E-state index is -0.730. The highest BCUT2D eigenvalue weighted by molar-refractivity contribution is 7.98. The lowest BCUT2D eigenvalue weighted by Gasteiger charge is -2.14. The first kappa shape index (κ1) is 11.3. The van der Waals surface area contributed by atoms with Gasteiger partial charge in [-0.2, -0.15) is 0 Å². The van der Waals surface area contributed by atoms with Gasteiger partial charge >= 0.3 is 0 Å². The van der Waals surface area contributed by atoms with Crippen LogP contribution in [0.4, 0.5) is 4.39 Å². The number of ether oxygens (including phenoxy) is 1. The molecule has 0 saturated carbocycles. The Bertz CT molecular complexity index is 326. The van der Waals surface area contributed by atoms with E-state index in [2.05, 4.69) is 0 Å². The highest BCUT2D eigenvalue weighted by atomic mass is 32.2. The third kappa shape index (κ3) is 2.19. The summed E-state index contributed by atoms with van der Waals surface area (Å²) in [5, 5.41) is 9.42. The number of benzene rings is 1. The van der Waals surface area contributed by atoms with Gasteiger partial charge in [0.1, 0.15) is 11.6 Å². The molecule has 2 nitrogen and oxygen atoms in total. The van der Waals surface area contributed by atoms with Crippen molar-refractivity contribution < 1.29 is 14.2 Å².